The Kier molecular flexibility index (Phi) is 3.89. The van der Waals surface area contributed by atoms with Gasteiger partial charge in [0, 0.05) is 10.4 Å². The van der Waals surface area contributed by atoms with Crippen molar-refractivity contribution < 1.29 is 0 Å². The van der Waals surface area contributed by atoms with Gasteiger partial charge >= 0.3 is 0 Å². The predicted octanol–water partition coefficient (Wildman–Crippen LogP) is 4.84. The first-order chi connectivity index (χ1) is 8.39. The van der Waals surface area contributed by atoms with Crippen molar-refractivity contribution in [3.8, 4) is 0 Å². The zero-order chi connectivity index (χ0) is 13.4. The minimum absolute atomic E-state index is 0.0512. The molecule has 2 heteroatoms. The van der Waals surface area contributed by atoms with Crippen molar-refractivity contribution in [3.63, 3.8) is 0 Å². The molecule has 1 aliphatic rings. The summed E-state index contributed by atoms with van der Waals surface area (Å²) in [5, 5.41) is 2.18. The van der Waals surface area contributed by atoms with Crippen molar-refractivity contribution in [3.05, 3.63) is 21.9 Å². The minimum Gasteiger partial charge on any atom is -0.321 e. The monoisotopic (exact) mass is 265 g/mol. The minimum atomic E-state index is -0.0512. The predicted molar refractivity (Wildman–Crippen MR) is 81.0 cm³/mol. The first kappa shape index (κ1) is 14.1. The van der Waals surface area contributed by atoms with Crippen molar-refractivity contribution in [2.75, 3.05) is 0 Å². The lowest BCUT2D eigenvalue weighted by Crippen LogP contribution is -2.43. The number of rotatable bonds is 3. The topological polar surface area (TPSA) is 26.0 Å². The number of nitrogens with two attached hydrogens (primary N) is 1. The Bertz CT molecular complexity index is 397. The van der Waals surface area contributed by atoms with Crippen molar-refractivity contribution in [1.29, 1.82) is 0 Å². The van der Waals surface area contributed by atoms with Crippen molar-refractivity contribution in [2.24, 2.45) is 17.1 Å². The molecule has 1 aromatic heterocycles. The Morgan fingerprint density at radius 2 is 2.00 bits per heavy atom. The zero-order valence-corrected chi connectivity index (χ0v) is 13.1. The number of thiophene rings is 1. The number of hydrogen-bond donors (Lipinski definition) is 1. The summed E-state index contributed by atoms with van der Waals surface area (Å²) < 4.78 is 0. The van der Waals surface area contributed by atoms with Gasteiger partial charge in [0.25, 0.3) is 0 Å². The molecule has 2 N–H and O–H groups in total. The van der Waals surface area contributed by atoms with E-state index < -0.39 is 0 Å². The third kappa shape index (κ3) is 2.50. The summed E-state index contributed by atoms with van der Waals surface area (Å²) in [4.78, 5) is 1.41. The molecule has 2 rings (SSSR count). The molecule has 1 heterocycles. The van der Waals surface area contributed by atoms with E-state index in [1.54, 1.807) is 0 Å². The van der Waals surface area contributed by atoms with Gasteiger partial charge in [0.1, 0.15) is 0 Å². The molecule has 1 aliphatic carbocycles. The maximum Gasteiger partial charge on any atom is 0.0420 e. The molecular weight excluding hydrogens is 238 g/mol. The molecule has 18 heavy (non-hydrogen) atoms. The molecule has 1 aromatic rings. The van der Waals surface area contributed by atoms with E-state index in [-0.39, 0.29) is 5.54 Å². The largest absolute Gasteiger partial charge is 0.321 e. The van der Waals surface area contributed by atoms with E-state index in [2.05, 4.69) is 39.1 Å². The van der Waals surface area contributed by atoms with Crippen LogP contribution in [0, 0.1) is 18.3 Å². The van der Waals surface area contributed by atoms with Gasteiger partial charge in [-0.15, -0.1) is 11.3 Å². The lowest BCUT2D eigenvalue weighted by atomic mass is 9.64. The van der Waals surface area contributed by atoms with E-state index >= 15 is 0 Å². The summed E-state index contributed by atoms with van der Waals surface area (Å²) in [6.07, 6.45) is 6.14. The van der Waals surface area contributed by atoms with Crippen LogP contribution in [0.1, 0.15) is 63.3 Å². The summed E-state index contributed by atoms with van der Waals surface area (Å²) in [5.41, 5.74) is 8.51. The Labute approximate surface area is 116 Å². The first-order valence-electron chi connectivity index (χ1n) is 7.22. The third-order valence-corrected chi connectivity index (χ3v) is 6.14. The Morgan fingerprint density at radius 1 is 1.39 bits per heavy atom. The molecule has 0 radical (unpaired) electrons. The quantitative estimate of drug-likeness (QED) is 0.831. The summed E-state index contributed by atoms with van der Waals surface area (Å²) in [6.45, 7) is 9.35. The van der Waals surface area contributed by atoms with E-state index in [1.165, 1.54) is 29.7 Å². The molecular formula is C16H27NS. The van der Waals surface area contributed by atoms with Crippen LogP contribution in [0.15, 0.2) is 11.4 Å². The van der Waals surface area contributed by atoms with Crippen LogP contribution in [0.2, 0.25) is 0 Å². The maximum absolute atomic E-state index is 6.68. The van der Waals surface area contributed by atoms with Crippen LogP contribution in [-0.4, -0.2) is 0 Å². The molecule has 1 nitrogen and oxygen atoms in total. The van der Waals surface area contributed by atoms with Crippen LogP contribution >= 0.6 is 11.3 Å². The van der Waals surface area contributed by atoms with Gasteiger partial charge in [-0.2, -0.15) is 0 Å². The van der Waals surface area contributed by atoms with Gasteiger partial charge in [-0.3, -0.25) is 0 Å². The fraction of sp³-hybridized carbons (Fsp3) is 0.750. The van der Waals surface area contributed by atoms with Gasteiger partial charge in [0.2, 0.25) is 0 Å². The average molecular weight is 265 g/mol. The van der Waals surface area contributed by atoms with Crippen LogP contribution in [0.5, 0.6) is 0 Å². The fourth-order valence-electron chi connectivity index (χ4n) is 3.37. The summed E-state index contributed by atoms with van der Waals surface area (Å²) in [7, 11) is 0. The molecule has 1 saturated carbocycles. The molecule has 0 unspecified atom stereocenters. The van der Waals surface area contributed by atoms with Gasteiger partial charge in [-0.1, -0.05) is 27.2 Å². The molecule has 0 saturated heterocycles. The van der Waals surface area contributed by atoms with E-state index in [0.29, 0.717) is 5.41 Å². The molecule has 0 atom stereocenters. The molecule has 1 fully saturated rings. The first-order valence-corrected chi connectivity index (χ1v) is 8.10. The van der Waals surface area contributed by atoms with Gasteiger partial charge in [0.05, 0.1) is 0 Å². The van der Waals surface area contributed by atoms with Crippen molar-refractivity contribution >= 4 is 11.3 Å². The average Bonchev–Trinajstić information content (AvgIpc) is 2.77. The second-order valence-corrected chi connectivity index (χ2v) is 7.78. The molecule has 0 aliphatic heterocycles. The van der Waals surface area contributed by atoms with Crippen LogP contribution in [0.3, 0.4) is 0 Å². The Morgan fingerprint density at radius 3 is 2.44 bits per heavy atom. The number of aryl methyl sites for hydroxylation is 1. The SMILES string of the molecule is CCC(C)(C)C1CCC(N)(c2ccsc2C)CC1. The van der Waals surface area contributed by atoms with Crippen molar-refractivity contribution in [1.82, 2.24) is 0 Å². The highest BCUT2D eigenvalue weighted by molar-refractivity contribution is 7.10. The second kappa shape index (κ2) is 4.97. The van der Waals surface area contributed by atoms with Gasteiger partial charge in [-0.25, -0.2) is 0 Å². The lowest BCUT2D eigenvalue weighted by molar-refractivity contribution is 0.115. The lowest BCUT2D eigenvalue weighted by Gasteiger charge is -2.43. The highest BCUT2D eigenvalue weighted by Gasteiger charge is 2.39. The number of hydrogen-bond acceptors (Lipinski definition) is 2. The summed E-state index contributed by atoms with van der Waals surface area (Å²) in [6, 6.07) is 2.24. The Balaban J connectivity index is 2.09. The van der Waals surface area contributed by atoms with Crippen LogP contribution in [0.4, 0.5) is 0 Å². The maximum atomic E-state index is 6.68. The molecule has 0 bridgehead atoms. The van der Waals surface area contributed by atoms with Gasteiger partial charge < -0.3 is 5.73 Å². The molecule has 0 aromatic carbocycles. The van der Waals surface area contributed by atoms with E-state index in [0.717, 1.165) is 18.8 Å². The normalized spacial score (nSPS) is 29.5. The van der Waals surface area contributed by atoms with E-state index in [1.807, 2.05) is 11.3 Å². The van der Waals surface area contributed by atoms with Crippen LogP contribution in [-0.2, 0) is 5.54 Å². The second-order valence-electron chi connectivity index (χ2n) is 6.66. The summed E-state index contributed by atoms with van der Waals surface area (Å²) in [5.74, 6) is 0.845. The van der Waals surface area contributed by atoms with Gasteiger partial charge in [-0.05, 0) is 60.9 Å². The highest BCUT2D eigenvalue weighted by Crippen LogP contribution is 2.46. The van der Waals surface area contributed by atoms with Gasteiger partial charge in [0.15, 0.2) is 0 Å². The highest BCUT2D eigenvalue weighted by atomic mass is 32.1. The van der Waals surface area contributed by atoms with Crippen LogP contribution < -0.4 is 5.73 Å². The Hall–Kier alpha value is -0.340. The molecule has 0 amide bonds. The standard InChI is InChI=1S/C16H27NS/c1-5-15(3,4)13-6-9-16(17,10-7-13)14-8-11-18-12(14)2/h8,11,13H,5-7,9-10,17H2,1-4H3. The van der Waals surface area contributed by atoms with E-state index in [4.69, 9.17) is 5.73 Å². The summed E-state index contributed by atoms with van der Waals surface area (Å²) >= 11 is 1.83. The zero-order valence-electron chi connectivity index (χ0n) is 12.3. The smallest absolute Gasteiger partial charge is 0.0420 e. The van der Waals surface area contributed by atoms with E-state index in [9.17, 15) is 0 Å². The fourth-order valence-corrected chi connectivity index (χ4v) is 4.18. The molecule has 102 valence electrons. The third-order valence-electron chi connectivity index (χ3n) is 5.29. The molecule has 0 spiro atoms. The van der Waals surface area contributed by atoms with Crippen LogP contribution in [0.25, 0.3) is 0 Å². The van der Waals surface area contributed by atoms with Crippen molar-refractivity contribution in [2.45, 2.75) is 65.3 Å².